The van der Waals surface area contributed by atoms with Crippen LogP contribution in [0.1, 0.15) is 58.3 Å². The molecule has 0 bridgehead atoms. The first-order valence-electron chi connectivity index (χ1n) is 10.5. The molecule has 162 valence electrons. The highest BCUT2D eigenvalue weighted by atomic mass is 19.1. The number of aryl methyl sites for hydroxylation is 1. The summed E-state index contributed by atoms with van der Waals surface area (Å²) in [6.45, 7) is 7.47. The van der Waals surface area contributed by atoms with Crippen molar-refractivity contribution in [2.45, 2.75) is 33.1 Å². The third-order valence-electron chi connectivity index (χ3n) is 5.63. The molecule has 31 heavy (non-hydrogen) atoms. The van der Waals surface area contributed by atoms with E-state index in [1.165, 1.54) is 12.1 Å². The molecule has 1 saturated heterocycles. The third kappa shape index (κ3) is 4.02. The smallest absolute Gasteiger partial charge is 0.259 e. The molecular weight excluding hydrogens is 399 g/mol. The topological polar surface area (TPSA) is 79.5 Å². The van der Waals surface area contributed by atoms with Crippen molar-refractivity contribution in [1.82, 2.24) is 19.9 Å². The van der Waals surface area contributed by atoms with Crippen LogP contribution in [0.25, 0.3) is 11.1 Å². The number of hydrogen-bond donors (Lipinski definition) is 0. The summed E-state index contributed by atoms with van der Waals surface area (Å²) in [6.07, 6.45) is 0.611. The Morgan fingerprint density at radius 3 is 2.32 bits per heavy atom. The maximum absolute atomic E-state index is 14.0. The van der Waals surface area contributed by atoms with Crippen LogP contribution in [0.15, 0.2) is 34.9 Å². The first kappa shape index (κ1) is 21.0. The van der Waals surface area contributed by atoms with Gasteiger partial charge in [-0.15, -0.1) is 0 Å². The lowest BCUT2D eigenvalue weighted by Gasteiger charge is -2.23. The summed E-state index contributed by atoms with van der Waals surface area (Å²) in [6, 6.07) is 7.78. The summed E-state index contributed by atoms with van der Waals surface area (Å²) in [7, 11) is 0. The Labute approximate surface area is 179 Å². The van der Waals surface area contributed by atoms with Crippen molar-refractivity contribution < 1.29 is 18.5 Å². The number of rotatable bonds is 3. The molecule has 0 unspecified atom stereocenters. The molecule has 1 aliphatic heterocycles. The van der Waals surface area contributed by atoms with Gasteiger partial charge in [-0.05, 0) is 37.5 Å². The molecule has 3 aromatic rings. The maximum atomic E-state index is 14.0. The minimum absolute atomic E-state index is 0.0554. The number of aromatic nitrogens is 2. The van der Waals surface area contributed by atoms with Gasteiger partial charge in [-0.1, -0.05) is 31.1 Å². The van der Waals surface area contributed by atoms with Crippen LogP contribution in [0.2, 0.25) is 0 Å². The van der Waals surface area contributed by atoms with Crippen molar-refractivity contribution in [3.8, 4) is 0 Å². The molecule has 0 radical (unpaired) electrons. The highest BCUT2D eigenvalue weighted by Gasteiger charge is 2.27. The summed E-state index contributed by atoms with van der Waals surface area (Å²) in [5.41, 5.74) is 2.31. The number of hydrogen-bond acceptors (Lipinski definition) is 5. The SMILES string of the molecule is Cc1noc2nc(C(C)C)cc(C(=O)N3CCCN(C(=O)c4ccccc4F)CC3)c12. The average molecular weight is 424 g/mol. The van der Waals surface area contributed by atoms with E-state index in [4.69, 9.17) is 4.52 Å². The zero-order valence-electron chi connectivity index (χ0n) is 17.9. The van der Waals surface area contributed by atoms with Gasteiger partial charge in [0.25, 0.3) is 17.5 Å². The van der Waals surface area contributed by atoms with Crippen molar-refractivity contribution in [1.29, 1.82) is 0 Å². The van der Waals surface area contributed by atoms with E-state index >= 15 is 0 Å². The van der Waals surface area contributed by atoms with Crippen LogP contribution < -0.4 is 0 Å². The van der Waals surface area contributed by atoms with Crippen LogP contribution in [0.3, 0.4) is 0 Å². The van der Waals surface area contributed by atoms with E-state index in [0.717, 1.165) is 5.69 Å². The minimum Gasteiger partial charge on any atom is -0.337 e. The molecule has 0 N–H and O–H groups in total. The first-order chi connectivity index (χ1) is 14.9. The van der Waals surface area contributed by atoms with E-state index in [9.17, 15) is 14.0 Å². The van der Waals surface area contributed by atoms with E-state index in [1.807, 2.05) is 19.9 Å². The lowest BCUT2D eigenvalue weighted by Crippen LogP contribution is -2.37. The molecule has 2 amide bonds. The number of halogens is 1. The highest BCUT2D eigenvalue weighted by molar-refractivity contribution is 6.06. The zero-order chi connectivity index (χ0) is 22.1. The van der Waals surface area contributed by atoms with E-state index in [2.05, 4.69) is 10.1 Å². The van der Waals surface area contributed by atoms with Crippen molar-refractivity contribution in [2.24, 2.45) is 0 Å². The van der Waals surface area contributed by atoms with Crippen molar-refractivity contribution in [2.75, 3.05) is 26.2 Å². The lowest BCUT2D eigenvalue weighted by atomic mass is 10.0. The highest BCUT2D eigenvalue weighted by Crippen LogP contribution is 2.26. The molecule has 2 aromatic heterocycles. The van der Waals surface area contributed by atoms with Gasteiger partial charge in [0.05, 0.1) is 22.2 Å². The van der Waals surface area contributed by atoms with Crippen LogP contribution >= 0.6 is 0 Å². The zero-order valence-corrected chi connectivity index (χ0v) is 17.9. The molecule has 3 heterocycles. The monoisotopic (exact) mass is 424 g/mol. The molecule has 0 atom stereocenters. The predicted octanol–water partition coefficient (Wildman–Crippen LogP) is 3.78. The second kappa shape index (κ2) is 8.45. The van der Waals surface area contributed by atoms with Crippen LogP contribution in [0.5, 0.6) is 0 Å². The summed E-state index contributed by atoms with van der Waals surface area (Å²) >= 11 is 0. The van der Waals surface area contributed by atoms with Gasteiger partial charge in [-0.25, -0.2) is 9.37 Å². The fourth-order valence-corrected chi connectivity index (χ4v) is 3.88. The van der Waals surface area contributed by atoms with Gasteiger partial charge in [0.1, 0.15) is 5.82 Å². The Morgan fingerprint density at radius 2 is 1.68 bits per heavy atom. The second-order valence-corrected chi connectivity index (χ2v) is 8.12. The molecule has 1 aromatic carbocycles. The van der Waals surface area contributed by atoms with Gasteiger partial charge in [0.15, 0.2) is 0 Å². The Hall–Kier alpha value is -3.29. The number of benzene rings is 1. The molecule has 1 fully saturated rings. The Morgan fingerprint density at radius 1 is 1.03 bits per heavy atom. The number of nitrogens with zero attached hydrogens (tertiary/aromatic N) is 4. The number of fused-ring (bicyclic) bond motifs is 1. The molecule has 7 nitrogen and oxygen atoms in total. The van der Waals surface area contributed by atoms with Crippen molar-refractivity contribution in [3.05, 3.63) is 58.7 Å². The van der Waals surface area contributed by atoms with Gasteiger partial charge in [-0.3, -0.25) is 9.59 Å². The summed E-state index contributed by atoms with van der Waals surface area (Å²) in [5, 5.41) is 4.61. The Bertz CT molecular complexity index is 1140. The van der Waals surface area contributed by atoms with E-state index in [0.29, 0.717) is 55.0 Å². The predicted molar refractivity (Wildman–Crippen MR) is 113 cm³/mol. The van der Waals surface area contributed by atoms with Gasteiger partial charge < -0.3 is 14.3 Å². The molecule has 4 rings (SSSR count). The first-order valence-corrected chi connectivity index (χ1v) is 10.5. The largest absolute Gasteiger partial charge is 0.337 e. The van der Waals surface area contributed by atoms with Crippen LogP contribution in [-0.4, -0.2) is 57.9 Å². The van der Waals surface area contributed by atoms with Gasteiger partial charge in [0.2, 0.25) is 0 Å². The summed E-state index contributed by atoms with van der Waals surface area (Å²) < 4.78 is 19.4. The van der Waals surface area contributed by atoms with Crippen molar-refractivity contribution >= 4 is 22.9 Å². The fraction of sp³-hybridized carbons (Fsp3) is 0.391. The van der Waals surface area contributed by atoms with Gasteiger partial charge in [-0.2, -0.15) is 0 Å². The van der Waals surface area contributed by atoms with Crippen LogP contribution in [0.4, 0.5) is 4.39 Å². The van der Waals surface area contributed by atoms with Crippen LogP contribution in [-0.2, 0) is 0 Å². The second-order valence-electron chi connectivity index (χ2n) is 8.12. The quantitative estimate of drug-likeness (QED) is 0.639. The summed E-state index contributed by atoms with van der Waals surface area (Å²) in [4.78, 5) is 34.1. The lowest BCUT2D eigenvalue weighted by molar-refractivity contribution is 0.0717. The van der Waals surface area contributed by atoms with Crippen LogP contribution in [0, 0.1) is 12.7 Å². The number of carbonyl (C=O) groups excluding carboxylic acids is 2. The minimum atomic E-state index is -0.534. The van der Waals surface area contributed by atoms with Gasteiger partial charge >= 0.3 is 0 Å². The molecular formula is C23H25FN4O3. The van der Waals surface area contributed by atoms with Crippen molar-refractivity contribution in [3.63, 3.8) is 0 Å². The third-order valence-corrected chi connectivity index (χ3v) is 5.63. The summed E-state index contributed by atoms with van der Waals surface area (Å²) in [5.74, 6) is -0.899. The maximum Gasteiger partial charge on any atom is 0.259 e. The molecule has 0 saturated carbocycles. The number of amides is 2. The normalized spacial score (nSPS) is 14.9. The van der Waals surface area contributed by atoms with Gasteiger partial charge in [0, 0.05) is 31.9 Å². The van der Waals surface area contributed by atoms with E-state index in [-0.39, 0.29) is 23.3 Å². The number of carbonyl (C=O) groups is 2. The fourth-order valence-electron chi connectivity index (χ4n) is 3.88. The number of pyridine rings is 1. The average Bonchev–Trinajstić information content (AvgIpc) is 2.98. The Balaban J connectivity index is 1.58. The van der Waals surface area contributed by atoms with E-state index in [1.54, 1.807) is 28.9 Å². The molecule has 8 heteroatoms. The van der Waals surface area contributed by atoms with E-state index < -0.39 is 5.82 Å². The Kier molecular flexibility index (Phi) is 5.71. The molecule has 0 aliphatic carbocycles. The standard InChI is InChI=1S/C23H25FN4O3/c1-14(2)19-13-17(20-15(3)26-31-21(20)25-19)23(30)28-10-6-9-27(11-12-28)22(29)16-7-4-5-8-18(16)24/h4-5,7-8,13-14H,6,9-12H2,1-3H3. The molecule has 0 spiro atoms. The molecule has 1 aliphatic rings.